The van der Waals surface area contributed by atoms with Crippen LogP contribution in [0.25, 0.3) is 10.4 Å². The van der Waals surface area contributed by atoms with E-state index in [1.807, 2.05) is 7.05 Å². The molecule has 1 aliphatic rings. The van der Waals surface area contributed by atoms with Crippen LogP contribution in [-0.4, -0.2) is 56.2 Å². The molecule has 0 bridgehead atoms. The summed E-state index contributed by atoms with van der Waals surface area (Å²) < 4.78 is 4.91. The van der Waals surface area contributed by atoms with Crippen molar-refractivity contribution in [1.82, 2.24) is 10.2 Å². The van der Waals surface area contributed by atoms with Crippen molar-refractivity contribution in [3.63, 3.8) is 0 Å². The number of ether oxygens (including phenoxy) is 1. The van der Waals surface area contributed by atoms with Crippen LogP contribution in [0.4, 0.5) is 0 Å². The van der Waals surface area contributed by atoms with Gasteiger partial charge < -0.3 is 15.0 Å². The summed E-state index contributed by atoms with van der Waals surface area (Å²) in [5.74, 6) is -0.233. The van der Waals surface area contributed by atoms with E-state index < -0.39 is 5.54 Å². The first-order valence-electron chi connectivity index (χ1n) is 6.10. The van der Waals surface area contributed by atoms with Gasteiger partial charge in [0.1, 0.15) is 5.54 Å². The standard InChI is InChI=1S/C11H21N5O2/c1-9-8-11(10(17)18-3,4-7-16(9)2)13-5-6-14-15-12/h9,13H,4-8H2,1-3H3. The molecular formula is C11H21N5O2. The topological polar surface area (TPSA) is 90.3 Å². The van der Waals surface area contributed by atoms with E-state index in [2.05, 4.69) is 27.2 Å². The number of hydrogen-bond acceptors (Lipinski definition) is 5. The Morgan fingerprint density at radius 1 is 1.72 bits per heavy atom. The van der Waals surface area contributed by atoms with Crippen molar-refractivity contribution in [3.05, 3.63) is 10.4 Å². The molecule has 2 atom stereocenters. The van der Waals surface area contributed by atoms with Crippen molar-refractivity contribution in [1.29, 1.82) is 0 Å². The number of carbonyl (C=O) groups excluding carboxylic acids is 1. The van der Waals surface area contributed by atoms with Gasteiger partial charge in [-0.05, 0) is 32.3 Å². The number of rotatable bonds is 5. The largest absolute Gasteiger partial charge is 0.468 e. The van der Waals surface area contributed by atoms with Gasteiger partial charge in [-0.25, -0.2) is 0 Å². The number of azide groups is 1. The van der Waals surface area contributed by atoms with Crippen LogP contribution in [0.3, 0.4) is 0 Å². The molecule has 0 aliphatic carbocycles. The van der Waals surface area contributed by atoms with Gasteiger partial charge in [-0.3, -0.25) is 4.79 Å². The monoisotopic (exact) mass is 255 g/mol. The van der Waals surface area contributed by atoms with Gasteiger partial charge in [-0.2, -0.15) is 0 Å². The maximum atomic E-state index is 12.0. The average molecular weight is 255 g/mol. The van der Waals surface area contributed by atoms with E-state index in [4.69, 9.17) is 10.3 Å². The van der Waals surface area contributed by atoms with Crippen molar-refractivity contribution >= 4 is 5.97 Å². The maximum Gasteiger partial charge on any atom is 0.326 e. The van der Waals surface area contributed by atoms with Crippen LogP contribution in [0, 0.1) is 0 Å². The Hall–Kier alpha value is -1.30. The fraction of sp³-hybridized carbons (Fsp3) is 0.909. The molecule has 1 heterocycles. The summed E-state index contributed by atoms with van der Waals surface area (Å²) in [6.07, 6.45) is 1.41. The molecule has 0 aromatic carbocycles. The van der Waals surface area contributed by atoms with Crippen LogP contribution in [-0.2, 0) is 9.53 Å². The lowest BCUT2D eigenvalue weighted by Gasteiger charge is -2.42. The summed E-state index contributed by atoms with van der Waals surface area (Å²) in [4.78, 5) is 16.9. The first kappa shape index (κ1) is 14.8. The van der Waals surface area contributed by atoms with Gasteiger partial charge in [0.05, 0.1) is 7.11 Å². The van der Waals surface area contributed by atoms with E-state index in [0.717, 1.165) is 6.54 Å². The Bertz CT molecular complexity index is 342. The smallest absolute Gasteiger partial charge is 0.326 e. The Kier molecular flexibility index (Phi) is 5.40. The minimum atomic E-state index is -0.647. The molecule has 0 saturated carbocycles. The Balaban J connectivity index is 2.70. The number of esters is 1. The van der Waals surface area contributed by atoms with E-state index in [1.54, 1.807) is 0 Å². The third kappa shape index (κ3) is 3.35. The molecule has 2 unspecified atom stereocenters. The second kappa shape index (κ2) is 6.58. The number of nitrogens with one attached hydrogen (secondary N) is 1. The Morgan fingerprint density at radius 3 is 3.00 bits per heavy atom. The fourth-order valence-electron chi connectivity index (χ4n) is 2.35. The molecule has 0 spiro atoms. The summed E-state index contributed by atoms with van der Waals surface area (Å²) >= 11 is 0. The van der Waals surface area contributed by atoms with Crippen molar-refractivity contribution in [3.8, 4) is 0 Å². The molecule has 0 aromatic rings. The minimum absolute atomic E-state index is 0.233. The molecule has 18 heavy (non-hydrogen) atoms. The predicted molar refractivity (Wildman–Crippen MR) is 68.1 cm³/mol. The van der Waals surface area contributed by atoms with E-state index >= 15 is 0 Å². The Labute approximate surface area is 107 Å². The van der Waals surface area contributed by atoms with Gasteiger partial charge in [0.15, 0.2) is 0 Å². The van der Waals surface area contributed by atoms with Crippen LogP contribution in [0.5, 0.6) is 0 Å². The number of hydrogen-bond donors (Lipinski definition) is 1. The summed E-state index contributed by atoms with van der Waals surface area (Å²) in [6.45, 7) is 3.74. The fourth-order valence-corrected chi connectivity index (χ4v) is 2.35. The molecule has 1 fully saturated rings. The van der Waals surface area contributed by atoms with Gasteiger partial charge in [0, 0.05) is 30.6 Å². The second-order valence-corrected chi connectivity index (χ2v) is 4.74. The molecule has 7 nitrogen and oxygen atoms in total. The van der Waals surface area contributed by atoms with Crippen molar-refractivity contribution in [2.24, 2.45) is 5.11 Å². The van der Waals surface area contributed by atoms with Crippen LogP contribution < -0.4 is 5.32 Å². The lowest BCUT2D eigenvalue weighted by atomic mass is 9.83. The van der Waals surface area contributed by atoms with E-state index in [1.165, 1.54) is 7.11 Å². The van der Waals surface area contributed by atoms with E-state index in [-0.39, 0.29) is 5.97 Å². The normalized spacial score (nSPS) is 28.5. The molecular weight excluding hydrogens is 234 g/mol. The van der Waals surface area contributed by atoms with Crippen LogP contribution in [0.1, 0.15) is 19.8 Å². The summed E-state index contributed by atoms with van der Waals surface area (Å²) in [5.41, 5.74) is 7.58. The summed E-state index contributed by atoms with van der Waals surface area (Å²) in [7, 11) is 3.45. The van der Waals surface area contributed by atoms with Gasteiger partial charge in [-0.1, -0.05) is 5.11 Å². The molecule has 7 heteroatoms. The SMILES string of the molecule is COC(=O)C1(NCCN=[N+]=[N-])CCN(C)C(C)C1. The highest BCUT2D eigenvalue weighted by atomic mass is 16.5. The lowest BCUT2D eigenvalue weighted by molar-refractivity contribution is -0.151. The molecule has 1 saturated heterocycles. The highest BCUT2D eigenvalue weighted by Gasteiger charge is 2.43. The zero-order valence-electron chi connectivity index (χ0n) is 11.2. The van der Waals surface area contributed by atoms with Crippen molar-refractivity contribution < 1.29 is 9.53 Å². The van der Waals surface area contributed by atoms with Crippen LogP contribution >= 0.6 is 0 Å². The predicted octanol–water partition coefficient (Wildman–Crippen LogP) is 0.912. The Morgan fingerprint density at radius 2 is 2.44 bits per heavy atom. The third-order valence-electron chi connectivity index (χ3n) is 3.60. The van der Waals surface area contributed by atoms with Gasteiger partial charge in [0.25, 0.3) is 0 Å². The first-order chi connectivity index (χ1) is 8.55. The van der Waals surface area contributed by atoms with Crippen molar-refractivity contribution in [2.45, 2.75) is 31.3 Å². The number of piperidine rings is 1. The molecule has 0 amide bonds. The summed E-state index contributed by atoms with van der Waals surface area (Å²) in [5, 5.41) is 6.67. The lowest BCUT2D eigenvalue weighted by Crippen LogP contribution is -2.61. The molecule has 0 aromatic heterocycles. The van der Waals surface area contributed by atoms with Crippen LogP contribution in [0.2, 0.25) is 0 Å². The third-order valence-corrected chi connectivity index (χ3v) is 3.60. The van der Waals surface area contributed by atoms with Gasteiger partial charge in [0.2, 0.25) is 0 Å². The van der Waals surface area contributed by atoms with Gasteiger partial charge in [-0.15, -0.1) is 0 Å². The quantitative estimate of drug-likeness (QED) is 0.260. The van der Waals surface area contributed by atoms with E-state index in [0.29, 0.717) is 32.0 Å². The number of nitrogens with zero attached hydrogens (tertiary/aromatic N) is 4. The second-order valence-electron chi connectivity index (χ2n) is 4.74. The molecule has 1 N–H and O–H groups in total. The highest BCUT2D eigenvalue weighted by Crippen LogP contribution is 2.27. The highest BCUT2D eigenvalue weighted by molar-refractivity contribution is 5.81. The number of carbonyl (C=O) groups is 1. The zero-order chi connectivity index (χ0) is 13.6. The van der Waals surface area contributed by atoms with Crippen molar-refractivity contribution in [2.75, 3.05) is 33.8 Å². The van der Waals surface area contributed by atoms with Crippen LogP contribution in [0.15, 0.2) is 5.11 Å². The van der Waals surface area contributed by atoms with Gasteiger partial charge >= 0.3 is 5.97 Å². The maximum absolute atomic E-state index is 12.0. The molecule has 1 rings (SSSR count). The molecule has 0 radical (unpaired) electrons. The summed E-state index contributed by atoms with van der Waals surface area (Å²) in [6, 6.07) is 0.310. The number of methoxy groups -OCH3 is 1. The minimum Gasteiger partial charge on any atom is -0.468 e. The number of likely N-dealkylation sites (tertiary alicyclic amines) is 1. The average Bonchev–Trinajstić information content (AvgIpc) is 2.38. The molecule has 102 valence electrons. The van der Waals surface area contributed by atoms with E-state index in [9.17, 15) is 4.79 Å². The first-order valence-corrected chi connectivity index (χ1v) is 6.10. The zero-order valence-corrected chi connectivity index (χ0v) is 11.2. The molecule has 1 aliphatic heterocycles.